The van der Waals surface area contributed by atoms with Gasteiger partial charge in [-0.3, -0.25) is 4.79 Å². The summed E-state index contributed by atoms with van der Waals surface area (Å²) in [6, 6.07) is 3.18. The number of hydrogen-bond donors (Lipinski definition) is 0. The van der Waals surface area contributed by atoms with Gasteiger partial charge in [-0.05, 0) is 25.5 Å². The molecule has 0 aromatic heterocycles. The summed E-state index contributed by atoms with van der Waals surface area (Å²) < 4.78 is 18.3. The van der Waals surface area contributed by atoms with Gasteiger partial charge in [0.2, 0.25) is 0 Å². The molecule has 0 saturated carbocycles. The van der Waals surface area contributed by atoms with E-state index in [9.17, 15) is 9.18 Å². The van der Waals surface area contributed by atoms with Crippen molar-refractivity contribution < 1.29 is 13.9 Å². The van der Waals surface area contributed by atoms with E-state index in [0.717, 1.165) is 0 Å². The number of rotatable bonds is 2. The van der Waals surface area contributed by atoms with Crippen molar-refractivity contribution in [2.24, 2.45) is 0 Å². The molecule has 0 bridgehead atoms. The van der Waals surface area contributed by atoms with E-state index in [4.69, 9.17) is 4.74 Å². The highest BCUT2D eigenvalue weighted by atomic mass is 19.1. The number of ether oxygens (including phenoxy) is 1. The van der Waals surface area contributed by atoms with Crippen LogP contribution in [0.3, 0.4) is 0 Å². The number of benzene rings is 1. The van der Waals surface area contributed by atoms with E-state index in [1.165, 1.54) is 14.0 Å². The van der Waals surface area contributed by atoms with Crippen molar-refractivity contribution in [2.75, 3.05) is 7.11 Å². The molecular formula is C10H11FO2. The molecule has 0 aliphatic rings. The fraction of sp³-hybridized carbons (Fsp3) is 0.300. The van der Waals surface area contributed by atoms with Gasteiger partial charge in [-0.25, -0.2) is 4.39 Å². The van der Waals surface area contributed by atoms with E-state index in [-0.39, 0.29) is 17.1 Å². The second kappa shape index (κ2) is 3.56. The molecule has 1 rings (SSSR count). The van der Waals surface area contributed by atoms with E-state index >= 15 is 0 Å². The number of hydrogen-bond acceptors (Lipinski definition) is 2. The van der Waals surface area contributed by atoms with Crippen LogP contribution in [-0.4, -0.2) is 12.9 Å². The average molecular weight is 182 g/mol. The molecule has 0 amide bonds. The largest absolute Gasteiger partial charge is 0.496 e. The Labute approximate surface area is 76.3 Å². The molecule has 0 aliphatic carbocycles. The fourth-order valence-electron chi connectivity index (χ4n) is 1.16. The van der Waals surface area contributed by atoms with Gasteiger partial charge in [0.05, 0.1) is 12.7 Å². The zero-order valence-corrected chi connectivity index (χ0v) is 7.85. The van der Waals surface area contributed by atoms with E-state index in [2.05, 4.69) is 0 Å². The Hall–Kier alpha value is -1.38. The number of ketones is 1. The van der Waals surface area contributed by atoms with Crippen molar-refractivity contribution in [3.63, 3.8) is 0 Å². The third-order valence-corrected chi connectivity index (χ3v) is 1.87. The van der Waals surface area contributed by atoms with Crippen LogP contribution in [0.25, 0.3) is 0 Å². The first-order valence-corrected chi connectivity index (χ1v) is 3.92. The maximum absolute atomic E-state index is 13.4. The summed E-state index contributed by atoms with van der Waals surface area (Å²) in [6.45, 7) is 2.93. The highest BCUT2D eigenvalue weighted by molar-refractivity contribution is 5.97. The number of Topliss-reactive ketones (excluding diaryl/α,β-unsaturated/α-hetero) is 1. The molecule has 0 spiro atoms. The normalized spacial score (nSPS) is 9.85. The molecule has 0 radical (unpaired) electrons. The highest BCUT2D eigenvalue weighted by Gasteiger charge is 2.15. The third-order valence-electron chi connectivity index (χ3n) is 1.87. The number of carbonyl (C=O) groups excluding carboxylic acids is 1. The van der Waals surface area contributed by atoms with E-state index in [1.54, 1.807) is 19.1 Å². The van der Waals surface area contributed by atoms with E-state index in [0.29, 0.717) is 5.56 Å². The van der Waals surface area contributed by atoms with Crippen LogP contribution in [0.1, 0.15) is 22.8 Å². The van der Waals surface area contributed by atoms with Crippen molar-refractivity contribution in [3.05, 3.63) is 29.1 Å². The summed E-state index contributed by atoms with van der Waals surface area (Å²) >= 11 is 0. The predicted octanol–water partition coefficient (Wildman–Crippen LogP) is 2.35. The van der Waals surface area contributed by atoms with Crippen molar-refractivity contribution in [2.45, 2.75) is 13.8 Å². The second-order valence-electron chi connectivity index (χ2n) is 2.83. The molecule has 0 saturated heterocycles. The van der Waals surface area contributed by atoms with Gasteiger partial charge in [-0.1, -0.05) is 6.07 Å². The van der Waals surface area contributed by atoms with Crippen molar-refractivity contribution in [3.8, 4) is 5.75 Å². The molecule has 0 N–H and O–H groups in total. The molecule has 1 aromatic carbocycles. The lowest BCUT2D eigenvalue weighted by molar-refractivity contribution is 0.101. The molecule has 0 heterocycles. The third kappa shape index (κ3) is 1.69. The van der Waals surface area contributed by atoms with Gasteiger partial charge < -0.3 is 4.74 Å². The molecule has 13 heavy (non-hydrogen) atoms. The summed E-state index contributed by atoms with van der Waals surface area (Å²) in [4.78, 5) is 11.1. The maximum atomic E-state index is 13.4. The number of aryl methyl sites for hydroxylation is 1. The lowest BCUT2D eigenvalue weighted by Crippen LogP contribution is -2.02. The van der Waals surface area contributed by atoms with Crippen LogP contribution in [0.5, 0.6) is 5.75 Å². The van der Waals surface area contributed by atoms with Crippen LogP contribution in [-0.2, 0) is 0 Å². The smallest absolute Gasteiger partial charge is 0.166 e. The van der Waals surface area contributed by atoms with Crippen LogP contribution >= 0.6 is 0 Å². The first-order chi connectivity index (χ1) is 6.07. The highest BCUT2D eigenvalue weighted by Crippen LogP contribution is 2.24. The van der Waals surface area contributed by atoms with Gasteiger partial charge in [0.1, 0.15) is 11.6 Å². The summed E-state index contributed by atoms with van der Waals surface area (Å²) in [5.74, 6) is -0.527. The number of carbonyl (C=O) groups is 1. The lowest BCUT2D eigenvalue weighted by Gasteiger charge is -2.07. The van der Waals surface area contributed by atoms with Crippen molar-refractivity contribution in [1.29, 1.82) is 0 Å². The van der Waals surface area contributed by atoms with Gasteiger partial charge in [-0.2, -0.15) is 0 Å². The minimum absolute atomic E-state index is 0.0301. The molecule has 0 aliphatic heterocycles. The lowest BCUT2D eigenvalue weighted by atomic mass is 10.1. The van der Waals surface area contributed by atoms with Gasteiger partial charge in [0, 0.05) is 0 Å². The molecule has 0 fully saturated rings. The Balaban J connectivity index is 3.41. The average Bonchev–Trinajstić information content (AvgIpc) is 2.08. The monoisotopic (exact) mass is 182 g/mol. The summed E-state index contributed by atoms with van der Waals surface area (Å²) in [5, 5.41) is 0. The van der Waals surface area contributed by atoms with Crippen LogP contribution in [0, 0.1) is 12.7 Å². The minimum atomic E-state index is -0.494. The van der Waals surface area contributed by atoms with Gasteiger partial charge in [0.15, 0.2) is 5.78 Å². The van der Waals surface area contributed by atoms with Crippen LogP contribution in [0.15, 0.2) is 12.1 Å². The summed E-state index contributed by atoms with van der Waals surface area (Å²) in [5.41, 5.74) is 0.480. The Morgan fingerprint density at radius 1 is 1.46 bits per heavy atom. The molecule has 3 heteroatoms. The topological polar surface area (TPSA) is 26.3 Å². The zero-order valence-electron chi connectivity index (χ0n) is 7.85. The quantitative estimate of drug-likeness (QED) is 0.656. The first kappa shape index (κ1) is 9.71. The molecule has 0 unspecified atom stereocenters. The van der Waals surface area contributed by atoms with Crippen LogP contribution in [0.4, 0.5) is 4.39 Å². The standard InChI is InChI=1S/C10H11FO2/c1-6-4-5-8(13-3)9(7(2)12)10(6)11/h4-5H,1-3H3. The Bertz CT molecular complexity index is 345. The molecule has 1 aromatic rings. The number of halogens is 1. The van der Waals surface area contributed by atoms with Crippen molar-refractivity contribution in [1.82, 2.24) is 0 Å². The Morgan fingerprint density at radius 2 is 2.08 bits per heavy atom. The first-order valence-electron chi connectivity index (χ1n) is 3.92. The van der Waals surface area contributed by atoms with E-state index in [1.807, 2.05) is 0 Å². The second-order valence-corrected chi connectivity index (χ2v) is 2.83. The Morgan fingerprint density at radius 3 is 2.54 bits per heavy atom. The molecule has 0 atom stereocenters. The Kier molecular flexibility index (Phi) is 2.66. The van der Waals surface area contributed by atoms with Gasteiger partial charge >= 0.3 is 0 Å². The maximum Gasteiger partial charge on any atom is 0.166 e. The minimum Gasteiger partial charge on any atom is -0.496 e. The molecular weight excluding hydrogens is 171 g/mol. The van der Waals surface area contributed by atoms with Crippen molar-refractivity contribution >= 4 is 5.78 Å². The summed E-state index contributed by atoms with van der Waals surface area (Å²) in [6.07, 6.45) is 0. The zero-order chi connectivity index (χ0) is 10.0. The molecule has 70 valence electrons. The summed E-state index contributed by atoms with van der Waals surface area (Å²) in [7, 11) is 1.41. The van der Waals surface area contributed by atoms with E-state index < -0.39 is 5.82 Å². The van der Waals surface area contributed by atoms with Gasteiger partial charge in [-0.15, -0.1) is 0 Å². The fourth-order valence-corrected chi connectivity index (χ4v) is 1.16. The number of methoxy groups -OCH3 is 1. The predicted molar refractivity (Wildman–Crippen MR) is 47.7 cm³/mol. The van der Waals surface area contributed by atoms with Crippen LogP contribution < -0.4 is 4.74 Å². The van der Waals surface area contributed by atoms with Crippen LogP contribution in [0.2, 0.25) is 0 Å². The van der Waals surface area contributed by atoms with Gasteiger partial charge in [0.25, 0.3) is 0 Å². The SMILES string of the molecule is COc1ccc(C)c(F)c1C(C)=O. The molecule has 2 nitrogen and oxygen atoms in total.